The summed E-state index contributed by atoms with van der Waals surface area (Å²) < 4.78 is 0. The van der Waals surface area contributed by atoms with E-state index in [1.165, 1.54) is 11.3 Å². The number of carbonyl (C=O) groups excluding carboxylic acids is 1. The first-order valence-corrected chi connectivity index (χ1v) is 6.65. The van der Waals surface area contributed by atoms with Gasteiger partial charge >= 0.3 is 12.0 Å². The molecule has 0 bridgehead atoms. The molecule has 2 heterocycles. The molecule has 8 heteroatoms. The van der Waals surface area contributed by atoms with Crippen LogP contribution in [0.3, 0.4) is 0 Å². The van der Waals surface area contributed by atoms with Crippen molar-refractivity contribution < 1.29 is 19.8 Å². The van der Waals surface area contributed by atoms with Crippen LogP contribution in [0.5, 0.6) is 0 Å². The smallest absolute Gasteiger partial charge is 0.326 e. The van der Waals surface area contributed by atoms with E-state index in [0.29, 0.717) is 6.54 Å². The Morgan fingerprint density at radius 1 is 1.63 bits per heavy atom. The number of urea groups is 1. The minimum atomic E-state index is -1.10. The van der Waals surface area contributed by atoms with Crippen molar-refractivity contribution in [2.75, 3.05) is 6.54 Å². The van der Waals surface area contributed by atoms with E-state index < -0.39 is 24.1 Å². The summed E-state index contributed by atoms with van der Waals surface area (Å²) in [5.74, 6) is -1.10. The number of carboxylic acid groups (broad SMARTS) is 1. The van der Waals surface area contributed by atoms with Crippen LogP contribution in [0.1, 0.15) is 16.3 Å². The topological polar surface area (TPSA) is 103 Å². The molecule has 3 N–H and O–H groups in total. The molecular weight excluding hydrogens is 270 g/mol. The monoisotopic (exact) mass is 285 g/mol. The van der Waals surface area contributed by atoms with Crippen LogP contribution in [-0.2, 0) is 11.3 Å². The van der Waals surface area contributed by atoms with E-state index in [1.54, 1.807) is 6.20 Å². The average molecular weight is 285 g/mol. The number of aliphatic carboxylic acids is 1. The van der Waals surface area contributed by atoms with Gasteiger partial charge in [0.15, 0.2) is 0 Å². The molecule has 7 nitrogen and oxygen atoms in total. The maximum absolute atomic E-state index is 11.9. The van der Waals surface area contributed by atoms with Crippen molar-refractivity contribution in [2.45, 2.75) is 32.0 Å². The van der Waals surface area contributed by atoms with Gasteiger partial charge in [-0.3, -0.25) is 0 Å². The Kier molecular flexibility index (Phi) is 4.01. The van der Waals surface area contributed by atoms with Gasteiger partial charge in [0, 0.05) is 24.0 Å². The summed E-state index contributed by atoms with van der Waals surface area (Å²) in [4.78, 5) is 29.0. The van der Waals surface area contributed by atoms with E-state index in [2.05, 4.69) is 10.3 Å². The third-order valence-corrected chi connectivity index (χ3v) is 3.82. The molecule has 1 aromatic heterocycles. The molecule has 0 aromatic carbocycles. The van der Waals surface area contributed by atoms with Crippen LogP contribution in [0.25, 0.3) is 0 Å². The number of likely N-dealkylation sites (tertiary alicyclic amines) is 1. The second-order valence-electron chi connectivity index (χ2n) is 4.40. The number of carbonyl (C=O) groups is 2. The quantitative estimate of drug-likeness (QED) is 0.735. The van der Waals surface area contributed by atoms with E-state index in [-0.39, 0.29) is 13.0 Å². The Morgan fingerprint density at radius 3 is 2.95 bits per heavy atom. The van der Waals surface area contributed by atoms with Crippen LogP contribution in [0.4, 0.5) is 4.79 Å². The highest BCUT2D eigenvalue weighted by Gasteiger charge is 2.38. The number of hydrogen-bond donors (Lipinski definition) is 3. The average Bonchev–Trinajstić information content (AvgIpc) is 2.92. The van der Waals surface area contributed by atoms with Crippen LogP contribution in [0, 0.1) is 6.92 Å². The first kappa shape index (κ1) is 13.8. The molecule has 0 aliphatic carbocycles. The molecular formula is C11H15N3O4S. The van der Waals surface area contributed by atoms with Gasteiger partial charge in [-0.25, -0.2) is 14.6 Å². The normalized spacial score (nSPS) is 22.5. The minimum absolute atomic E-state index is 0.0461. The predicted molar refractivity (Wildman–Crippen MR) is 67.8 cm³/mol. The van der Waals surface area contributed by atoms with Gasteiger partial charge in [-0.1, -0.05) is 0 Å². The fraction of sp³-hybridized carbons (Fsp3) is 0.545. The number of amides is 2. The highest BCUT2D eigenvalue weighted by Crippen LogP contribution is 2.18. The molecule has 1 aliphatic heterocycles. The number of rotatable bonds is 3. The van der Waals surface area contributed by atoms with Gasteiger partial charge in [0.2, 0.25) is 0 Å². The molecule has 0 radical (unpaired) electrons. The molecule has 2 rings (SSSR count). The Hall–Kier alpha value is -1.67. The summed E-state index contributed by atoms with van der Waals surface area (Å²) in [5, 5.41) is 22.0. The number of thiazole rings is 1. The molecule has 2 atom stereocenters. The van der Waals surface area contributed by atoms with Crippen LogP contribution in [0.2, 0.25) is 0 Å². The molecule has 0 saturated carbocycles. The lowest BCUT2D eigenvalue weighted by atomic mass is 10.2. The van der Waals surface area contributed by atoms with Gasteiger partial charge in [-0.15, -0.1) is 11.3 Å². The molecule has 1 unspecified atom stereocenters. The lowest BCUT2D eigenvalue weighted by Gasteiger charge is -2.21. The molecule has 1 aromatic rings. The van der Waals surface area contributed by atoms with Crippen molar-refractivity contribution in [2.24, 2.45) is 0 Å². The van der Waals surface area contributed by atoms with E-state index in [1.807, 2.05) is 6.92 Å². The molecule has 104 valence electrons. The van der Waals surface area contributed by atoms with E-state index >= 15 is 0 Å². The third kappa shape index (κ3) is 3.21. The number of aryl methyl sites for hydroxylation is 1. The van der Waals surface area contributed by atoms with Crippen molar-refractivity contribution in [1.82, 2.24) is 15.2 Å². The number of nitrogens with zero attached hydrogens (tertiary/aromatic N) is 2. The van der Waals surface area contributed by atoms with Crippen molar-refractivity contribution in [3.8, 4) is 0 Å². The highest BCUT2D eigenvalue weighted by atomic mass is 32.1. The van der Waals surface area contributed by atoms with Gasteiger partial charge < -0.3 is 20.4 Å². The zero-order valence-electron chi connectivity index (χ0n) is 10.4. The third-order valence-electron chi connectivity index (χ3n) is 2.91. The molecule has 1 fully saturated rings. The maximum Gasteiger partial charge on any atom is 0.326 e. The van der Waals surface area contributed by atoms with Gasteiger partial charge in [-0.05, 0) is 6.92 Å². The number of hydrogen-bond acceptors (Lipinski definition) is 5. The summed E-state index contributed by atoms with van der Waals surface area (Å²) in [6.45, 7) is 2.22. The second kappa shape index (κ2) is 5.54. The van der Waals surface area contributed by atoms with Crippen LogP contribution >= 0.6 is 11.3 Å². The Balaban J connectivity index is 1.93. The summed E-state index contributed by atoms with van der Waals surface area (Å²) in [6, 6.07) is -1.44. The fourth-order valence-electron chi connectivity index (χ4n) is 2.02. The summed E-state index contributed by atoms with van der Waals surface area (Å²) in [5.41, 5.74) is 0. The summed E-state index contributed by atoms with van der Waals surface area (Å²) in [6.07, 6.45) is 0.966. The Bertz CT molecular complexity index is 490. The summed E-state index contributed by atoms with van der Waals surface area (Å²) in [7, 11) is 0. The number of carboxylic acids is 1. The summed E-state index contributed by atoms with van der Waals surface area (Å²) >= 11 is 1.47. The first-order chi connectivity index (χ1) is 8.97. The first-order valence-electron chi connectivity index (χ1n) is 5.84. The van der Waals surface area contributed by atoms with E-state index in [0.717, 1.165) is 14.8 Å². The molecule has 0 spiro atoms. The van der Waals surface area contributed by atoms with Gasteiger partial charge in [0.1, 0.15) is 6.04 Å². The number of aromatic nitrogens is 1. The van der Waals surface area contributed by atoms with Crippen LogP contribution in [-0.4, -0.2) is 50.8 Å². The van der Waals surface area contributed by atoms with Gasteiger partial charge in [0.05, 0.1) is 17.7 Å². The molecule has 1 aliphatic rings. The predicted octanol–water partition coefficient (Wildman–Crippen LogP) is 0.181. The molecule has 1 saturated heterocycles. The van der Waals surface area contributed by atoms with Gasteiger partial charge in [0.25, 0.3) is 0 Å². The second-order valence-corrected chi connectivity index (χ2v) is 5.72. The van der Waals surface area contributed by atoms with E-state index in [4.69, 9.17) is 5.11 Å². The SMILES string of the molecule is Cc1ncc(CNC(=O)N2CC(O)C[C@H]2C(=O)O)s1. The number of β-amino-alcohol motifs (C(OH)–C–C–N with tert-alkyl or cyclic N) is 1. The zero-order valence-corrected chi connectivity index (χ0v) is 11.2. The highest BCUT2D eigenvalue weighted by molar-refractivity contribution is 7.11. The Labute approximate surface area is 113 Å². The number of aliphatic hydroxyl groups is 1. The van der Waals surface area contributed by atoms with Gasteiger partial charge in [-0.2, -0.15) is 0 Å². The molecule has 19 heavy (non-hydrogen) atoms. The van der Waals surface area contributed by atoms with Crippen LogP contribution in [0.15, 0.2) is 6.20 Å². The lowest BCUT2D eigenvalue weighted by molar-refractivity contribution is -0.141. The number of aliphatic hydroxyl groups excluding tert-OH is 1. The van der Waals surface area contributed by atoms with Crippen molar-refractivity contribution in [3.05, 3.63) is 16.1 Å². The maximum atomic E-state index is 11.9. The fourth-order valence-corrected chi connectivity index (χ4v) is 2.76. The minimum Gasteiger partial charge on any atom is -0.480 e. The van der Waals surface area contributed by atoms with Crippen LogP contribution < -0.4 is 5.32 Å². The van der Waals surface area contributed by atoms with Crippen molar-refractivity contribution in [1.29, 1.82) is 0 Å². The number of nitrogens with one attached hydrogen (secondary N) is 1. The zero-order chi connectivity index (χ0) is 14.0. The Morgan fingerprint density at radius 2 is 2.37 bits per heavy atom. The largest absolute Gasteiger partial charge is 0.480 e. The standard InChI is InChI=1S/C11H15N3O4S/c1-6-12-3-8(19-6)4-13-11(18)14-5-7(15)2-9(14)10(16)17/h3,7,9,15H,2,4-5H2,1H3,(H,13,18)(H,16,17)/t7?,9-/m0/s1. The lowest BCUT2D eigenvalue weighted by Crippen LogP contribution is -2.45. The van der Waals surface area contributed by atoms with E-state index in [9.17, 15) is 14.7 Å². The van der Waals surface area contributed by atoms with Crippen molar-refractivity contribution >= 4 is 23.3 Å². The molecule has 2 amide bonds. The van der Waals surface area contributed by atoms with Crippen molar-refractivity contribution in [3.63, 3.8) is 0 Å².